The van der Waals surface area contributed by atoms with Crippen molar-refractivity contribution in [2.75, 3.05) is 50.0 Å². The van der Waals surface area contributed by atoms with Crippen molar-refractivity contribution in [2.24, 2.45) is 0 Å². The summed E-state index contributed by atoms with van der Waals surface area (Å²) in [5.74, 6) is 0. The lowest BCUT2D eigenvalue weighted by Crippen LogP contribution is -2.58. The molecule has 17 heavy (non-hydrogen) atoms. The molecule has 3 heterocycles. The van der Waals surface area contributed by atoms with Gasteiger partial charge in [-0.1, -0.05) is 0 Å². The first-order valence-corrected chi connectivity index (χ1v) is 6.11. The van der Waals surface area contributed by atoms with Gasteiger partial charge in [0.25, 0.3) is 0 Å². The van der Waals surface area contributed by atoms with Crippen LogP contribution in [0.2, 0.25) is 0 Å². The molecule has 2 aliphatic heterocycles. The third-order valence-electron chi connectivity index (χ3n) is 3.61. The molecule has 1 atom stereocenters. The van der Waals surface area contributed by atoms with Gasteiger partial charge in [-0.25, -0.2) is 0 Å². The molecule has 2 saturated heterocycles. The SMILES string of the molecule is Nc1cnccc1N1CCN2CCOCC2C1. The lowest BCUT2D eigenvalue weighted by molar-refractivity contribution is -0.0116. The number of hydrogen-bond donors (Lipinski definition) is 1. The molecule has 3 rings (SSSR count). The Kier molecular flexibility index (Phi) is 2.86. The minimum Gasteiger partial charge on any atom is -0.396 e. The van der Waals surface area contributed by atoms with Crippen LogP contribution in [0, 0.1) is 0 Å². The molecule has 2 fully saturated rings. The monoisotopic (exact) mass is 234 g/mol. The highest BCUT2D eigenvalue weighted by Crippen LogP contribution is 2.25. The number of nitrogen functional groups attached to an aromatic ring is 1. The Hall–Kier alpha value is -1.33. The minimum absolute atomic E-state index is 0.505. The zero-order chi connectivity index (χ0) is 11.7. The van der Waals surface area contributed by atoms with Crippen LogP contribution in [0.15, 0.2) is 18.5 Å². The van der Waals surface area contributed by atoms with Crippen molar-refractivity contribution >= 4 is 11.4 Å². The van der Waals surface area contributed by atoms with Crippen molar-refractivity contribution in [1.29, 1.82) is 0 Å². The molecule has 0 saturated carbocycles. The van der Waals surface area contributed by atoms with Gasteiger partial charge in [-0.3, -0.25) is 9.88 Å². The molecule has 92 valence electrons. The maximum Gasteiger partial charge on any atom is 0.0738 e. The van der Waals surface area contributed by atoms with Gasteiger partial charge >= 0.3 is 0 Å². The van der Waals surface area contributed by atoms with Gasteiger partial charge in [0, 0.05) is 32.4 Å². The van der Waals surface area contributed by atoms with Gasteiger partial charge in [0.2, 0.25) is 0 Å². The summed E-state index contributed by atoms with van der Waals surface area (Å²) in [6.07, 6.45) is 3.52. The summed E-state index contributed by atoms with van der Waals surface area (Å²) < 4.78 is 5.54. The zero-order valence-corrected chi connectivity index (χ0v) is 9.88. The van der Waals surface area contributed by atoms with Crippen LogP contribution in [0.5, 0.6) is 0 Å². The van der Waals surface area contributed by atoms with Crippen molar-refractivity contribution in [3.05, 3.63) is 18.5 Å². The number of nitrogens with zero attached hydrogens (tertiary/aromatic N) is 3. The van der Waals surface area contributed by atoms with E-state index in [1.54, 1.807) is 12.4 Å². The maximum absolute atomic E-state index is 5.97. The van der Waals surface area contributed by atoms with E-state index in [9.17, 15) is 0 Å². The topological polar surface area (TPSA) is 54.6 Å². The fraction of sp³-hybridized carbons (Fsp3) is 0.583. The molecule has 0 aliphatic carbocycles. The van der Waals surface area contributed by atoms with Crippen LogP contribution in [0.3, 0.4) is 0 Å². The molecule has 2 N–H and O–H groups in total. The second-order valence-corrected chi connectivity index (χ2v) is 4.65. The molecule has 0 spiro atoms. The van der Waals surface area contributed by atoms with Crippen molar-refractivity contribution in [3.63, 3.8) is 0 Å². The van der Waals surface area contributed by atoms with Gasteiger partial charge in [0.05, 0.1) is 36.8 Å². The molecule has 0 bridgehead atoms. The van der Waals surface area contributed by atoms with E-state index < -0.39 is 0 Å². The van der Waals surface area contributed by atoms with Gasteiger partial charge in [-0.05, 0) is 6.07 Å². The summed E-state index contributed by atoms with van der Waals surface area (Å²) in [6, 6.07) is 2.50. The van der Waals surface area contributed by atoms with Gasteiger partial charge in [0.15, 0.2) is 0 Å². The van der Waals surface area contributed by atoms with Crippen molar-refractivity contribution in [2.45, 2.75) is 6.04 Å². The van der Waals surface area contributed by atoms with E-state index in [0.717, 1.165) is 50.8 Å². The molecular weight excluding hydrogens is 216 g/mol. The number of fused-ring (bicyclic) bond motifs is 1. The minimum atomic E-state index is 0.505. The lowest BCUT2D eigenvalue weighted by atomic mass is 10.1. The predicted octanol–water partition coefficient (Wildman–Crippen LogP) is 0.185. The standard InChI is InChI=1S/C12H18N4O/c13-11-7-14-2-1-12(11)16-4-3-15-5-6-17-9-10(15)8-16/h1-2,7,10H,3-6,8-9,13H2. The third kappa shape index (κ3) is 2.08. The van der Waals surface area contributed by atoms with E-state index in [0.29, 0.717) is 6.04 Å². The average Bonchev–Trinajstić information content (AvgIpc) is 2.39. The predicted molar refractivity (Wildman–Crippen MR) is 67.0 cm³/mol. The van der Waals surface area contributed by atoms with Gasteiger partial charge in [0.1, 0.15) is 0 Å². The molecule has 5 heteroatoms. The molecule has 0 amide bonds. The van der Waals surface area contributed by atoms with Crippen LogP contribution in [-0.4, -0.2) is 55.3 Å². The fourth-order valence-corrected chi connectivity index (χ4v) is 2.65. The van der Waals surface area contributed by atoms with E-state index in [-0.39, 0.29) is 0 Å². The number of ether oxygens (including phenoxy) is 1. The van der Waals surface area contributed by atoms with E-state index in [1.807, 2.05) is 6.07 Å². The second-order valence-electron chi connectivity index (χ2n) is 4.65. The van der Waals surface area contributed by atoms with Crippen LogP contribution in [0.4, 0.5) is 11.4 Å². The summed E-state index contributed by atoms with van der Waals surface area (Å²) in [5.41, 5.74) is 7.83. The highest BCUT2D eigenvalue weighted by atomic mass is 16.5. The van der Waals surface area contributed by atoms with Crippen molar-refractivity contribution in [1.82, 2.24) is 9.88 Å². The molecule has 5 nitrogen and oxygen atoms in total. The number of morpholine rings is 1. The number of pyridine rings is 1. The number of piperazine rings is 1. The maximum atomic E-state index is 5.97. The Labute approximate surface area is 101 Å². The van der Waals surface area contributed by atoms with Crippen LogP contribution >= 0.6 is 0 Å². The van der Waals surface area contributed by atoms with E-state index in [1.165, 1.54) is 0 Å². The van der Waals surface area contributed by atoms with Gasteiger partial charge in [-0.15, -0.1) is 0 Å². The zero-order valence-electron chi connectivity index (χ0n) is 9.88. The number of hydrogen-bond acceptors (Lipinski definition) is 5. The van der Waals surface area contributed by atoms with E-state index in [2.05, 4.69) is 14.8 Å². The second kappa shape index (κ2) is 4.50. The van der Waals surface area contributed by atoms with Crippen LogP contribution < -0.4 is 10.6 Å². The Morgan fingerprint density at radius 2 is 2.29 bits per heavy atom. The van der Waals surface area contributed by atoms with Crippen LogP contribution in [0.1, 0.15) is 0 Å². The summed E-state index contributed by atoms with van der Waals surface area (Å²) in [5, 5.41) is 0. The molecular formula is C12H18N4O. The number of aromatic nitrogens is 1. The molecule has 1 unspecified atom stereocenters. The quantitative estimate of drug-likeness (QED) is 0.751. The van der Waals surface area contributed by atoms with E-state index in [4.69, 9.17) is 10.5 Å². The Balaban J connectivity index is 1.76. The number of anilines is 2. The summed E-state index contributed by atoms with van der Waals surface area (Å²) in [4.78, 5) is 8.89. The fourth-order valence-electron chi connectivity index (χ4n) is 2.65. The molecule has 0 aromatic carbocycles. The summed E-state index contributed by atoms with van der Waals surface area (Å²) in [6.45, 7) is 5.88. The van der Waals surface area contributed by atoms with Crippen LogP contribution in [0.25, 0.3) is 0 Å². The Morgan fingerprint density at radius 1 is 1.35 bits per heavy atom. The van der Waals surface area contributed by atoms with Gasteiger partial charge < -0.3 is 15.4 Å². The van der Waals surface area contributed by atoms with Crippen LogP contribution in [-0.2, 0) is 4.74 Å². The third-order valence-corrected chi connectivity index (χ3v) is 3.61. The first-order valence-electron chi connectivity index (χ1n) is 6.11. The van der Waals surface area contributed by atoms with Crippen molar-refractivity contribution in [3.8, 4) is 0 Å². The first kappa shape index (κ1) is 10.8. The number of nitrogens with two attached hydrogens (primary N) is 1. The highest BCUT2D eigenvalue weighted by Gasteiger charge is 2.30. The Morgan fingerprint density at radius 3 is 3.18 bits per heavy atom. The number of rotatable bonds is 1. The summed E-state index contributed by atoms with van der Waals surface area (Å²) in [7, 11) is 0. The summed E-state index contributed by atoms with van der Waals surface area (Å²) >= 11 is 0. The molecule has 1 aromatic rings. The van der Waals surface area contributed by atoms with Crippen molar-refractivity contribution < 1.29 is 4.74 Å². The normalized spacial score (nSPS) is 25.6. The largest absolute Gasteiger partial charge is 0.396 e. The highest BCUT2D eigenvalue weighted by molar-refractivity contribution is 5.66. The van der Waals surface area contributed by atoms with E-state index >= 15 is 0 Å². The van der Waals surface area contributed by atoms with Gasteiger partial charge in [-0.2, -0.15) is 0 Å². The lowest BCUT2D eigenvalue weighted by Gasteiger charge is -2.44. The molecule has 0 radical (unpaired) electrons. The molecule has 1 aromatic heterocycles. The first-order chi connectivity index (χ1) is 8.34. The Bertz CT molecular complexity index is 398. The average molecular weight is 234 g/mol. The molecule has 2 aliphatic rings. The smallest absolute Gasteiger partial charge is 0.0738 e.